The molecule has 92 valence electrons. The molecule has 5 heteroatoms. The Morgan fingerprint density at radius 3 is 2.31 bits per heavy atom. The first-order valence-electron chi connectivity index (χ1n) is 5.98. The maximum Gasteiger partial charge on any atom is 0.233 e. The molecule has 1 aliphatic rings. The zero-order valence-electron chi connectivity index (χ0n) is 9.71. The number of amides is 2. The van der Waals surface area contributed by atoms with Crippen molar-refractivity contribution in [2.45, 2.75) is 32.1 Å². The van der Waals surface area contributed by atoms with Gasteiger partial charge in [-0.1, -0.05) is 12.8 Å². The van der Waals surface area contributed by atoms with Crippen molar-refractivity contribution in [3.63, 3.8) is 0 Å². The highest BCUT2D eigenvalue weighted by molar-refractivity contribution is 5.80. The minimum atomic E-state index is -0.205. The molecule has 0 aromatic heterocycles. The average molecular weight is 227 g/mol. The molecule has 1 heterocycles. The van der Waals surface area contributed by atoms with Crippen LogP contribution in [0.2, 0.25) is 0 Å². The summed E-state index contributed by atoms with van der Waals surface area (Å²) in [6.45, 7) is 2.11. The van der Waals surface area contributed by atoms with E-state index in [1.807, 2.05) is 4.90 Å². The molecular weight excluding hydrogens is 206 g/mol. The highest BCUT2D eigenvalue weighted by atomic mass is 16.2. The van der Waals surface area contributed by atoms with E-state index in [-0.39, 0.29) is 18.4 Å². The zero-order valence-corrected chi connectivity index (χ0v) is 9.71. The lowest BCUT2D eigenvalue weighted by atomic mass is 10.2. The van der Waals surface area contributed by atoms with Crippen molar-refractivity contribution in [3.05, 3.63) is 0 Å². The fourth-order valence-electron chi connectivity index (χ4n) is 1.86. The van der Waals surface area contributed by atoms with Crippen molar-refractivity contribution < 1.29 is 9.59 Å². The van der Waals surface area contributed by atoms with E-state index >= 15 is 0 Å². The number of carbonyl (C=O) groups is 2. The number of nitrogens with one attached hydrogen (secondary N) is 1. The molecule has 1 fully saturated rings. The second-order valence-electron chi connectivity index (χ2n) is 4.10. The summed E-state index contributed by atoms with van der Waals surface area (Å²) < 4.78 is 0. The molecule has 0 aromatic carbocycles. The lowest BCUT2D eigenvalue weighted by Crippen LogP contribution is -2.36. The van der Waals surface area contributed by atoms with Gasteiger partial charge in [0.15, 0.2) is 0 Å². The number of hydrogen-bond acceptors (Lipinski definition) is 3. The Morgan fingerprint density at radius 1 is 1.12 bits per heavy atom. The summed E-state index contributed by atoms with van der Waals surface area (Å²) >= 11 is 0. The van der Waals surface area contributed by atoms with Gasteiger partial charge in [-0.3, -0.25) is 9.59 Å². The molecule has 1 aliphatic heterocycles. The lowest BCUT2D eigenvalue weighted by Gasteiger charge is -2.20. The van der Waals surface area contributed by atoms with Crippen molar-refractivity contribution in [2.24, 2.45) is 5.73 Å². The molecular formula is C11H21N3O2. The summed E-state index contributed by atoms with van der Waals surface area (Å²) in [4.78, 5) is 24.5. The Hall–Kier alpha value is -1.10. The number of nitrogens with two attached hydrogens (primary N) is 1. The molecule has 2 amide bonds. The Morgan fingerprint density at radius 2 is 1.75 bits per heavy atom. The van der Waals surface area contributed by atoms with E-state index in [2.05, 4.69) is 5.32 Å². The minimum absolute atomic E-state index is 0.0160. The third-order valence-corrected chi connectivity index (χ3v) is 2.81. The highest BCUT2D eigenvalue weighted by Crippen LogP contribution is 2.10. The summed E-state index contributed by atoms with van der Waals surface area (Å²) in [6.07, 6.45) is 5.01. The van der Waals surface area contributed by atoms with Crippen molar-refractivity contribution in [1.82, 2.24) is 10.2 Å². The normalized spacial score (nSPS) is 16.7. The number of nitrogens with zero attached hydrogens (tertiary/aromatic N) is 1. The van der Waals surface area contributed by atoms with Gasteiger partial charge < -0.3 is 16.0 Å². The SMILES string of the molecule is NCC(=O)NCCC(=O)N1CCCCCC1. The molecule has 0 unspecified atom stereocenters. The molecule has 0 spiro atoms. The summed E-state index contributed by atoms with van der Waals surface area (Å²) in [7, 11) is 0. The van der Waals surface area contributed by atoms with Crippen molar-refractivity contribution in [3.8, 4) is 0 Å². The molecule has 0 saturated carbocycles. The third-order valence-electron chi connectivity index (χ3n) is 2.81. The molecule has 5 nitrogen and oxygen atoms in total. The second kappa shape index (κ2) is 7.22. The Balaban J connectivity index is 2.20. The van der Waals surface area contributed by atoms with Crippen LogP contribution in [-0.2, 0) is 9.59 Å². The Kier molecular flexibility index (Phi) is 5.85. The predicted octanol–water partition coefficient (Wildman–Crippen LogP) is -0.146. The van der Waals surface area contributed by atoms with Gasteiger partial charge in [-0.15, -0.1) is 0 Å². The zero-order chi connectivity index (χ0) is 11.8. The van der Waals surface area contributed by atoms with Crippen molar-refractivity contribution in [1.29, 1.82) is 0 Å². The fraction of sp³-hybridized carbons (Fsp3) is 0.818. The quantitative estimate of drug-likeness (QED) is 0.701. The summed E-state index contributed by atoms with van der Waals surface area (Å²) in [5, 5.41) is 2.61. The Bertz CT molecular complexity index is 235. The van der Waals surface area contributed by atoms with Gasteiger partial charge in [-0.2, -0.15) is 0 Å². The van der Waals surface area contributed by atoms with E-state index in [4.69, 9.17) is 5.73 Å². The van der Waals surface area contributed by atoms with Crippen LogP contribution in [0.25, 0.3) is 0 Å². The van der Waals surface area contributed by atoms with E-state index in [9.17, 15) is 9.59 Å². The molecule has 0 radical (unpaired) electrons. The van der Waals surface area contributed by atoms with Crippen LogP contribution in [0.4, 0.5) is 0 Å². The topological polar surface area (TPSA) is 75.4 Å². The highest BCUT2D eigenvalue weighted by Gasteiger charge is 2.14. The molecule has 3 N–H and O–H groups in total. The van der Waals surface area contributed by atoms with E-state index < -0.39 is 0 Å². The number of hydrogen-bond donors (Lipinski definition) is 2. The van der Waals surface area contributed by atoms with E-state index in [0.717, 1.165) is 25.9 Å². The monoisotopic (exact) mass is 227 g/mol. The van der Waals surface area contributed by atoms with Crippen LogP contribution in [-0.4, -0.2) is 42.9 Å². The van der Waals surface area contributed by atoms with Gasteiger partial charge in [0.25, 0.3) is 0 Å². The smallest absolute Gasteiger partial charge is 0.233 e. The Labute approximate surface area is 96.4 Å². The van der Waals surface area contributed by atoms with Crippen LogP contribution in [0.5, 0.6) is 0 Å². The van der Waals surface area contributed by atoms with E-state index in [1.54, 1.807) is 0 Å². The van der Waals surface area contributed by atoms with Gasteiger partial charge in [0.1, 0.15) is 0 Å². The molecule has 0 aromatic rings. The molecule has 1 saturated heterocycles. The van der Waals surface area contributed by atoms with E-state index in [1.165, 1.54) is 12.8 Å². The molecule has 1 rings (SSSR count). The maximum atomic E-state index is 11.8. The molecule has 0 atom stereocenters. The van der Waals surface area contributed by atoms with Gasteiger partial charge in [0.05, 0.1) is 6.54 Å². The number of rotatable bonds is 4. The largest absolute Gasteiger partial charge is 0.354 e. The second-order valence-corrected chi connectivity index (χ2v) is 4.10. The van der Waals surface area contributed by atoms with Crippen molar-refractivity contribution in [2.75, 3.05) is 26.2 Å². The number of likely N-dealkylation sites (tertiary alicyclic amines) is 1. The molecule has 16 heavy (non-hydrogen) atoms. The van der Waals surface area contributed by atoms with Gasteiger partial charge >= 0.3 is 0 Å². The number of carbonyl (C=O) groups excluding carboxylic acids is 2. The standard InChI is InChI=1S/C11H21N3O2/c12-9-10(15)13-6-5-11(16)14-7-3-1-2-4-8-14/h1-9,12H2,(H,13,15). The van der Waals surface area contributed by atoms with Crippen LogP contribution in [0, 0.1) is 0 Å². The maximum absolute atomic E-state index is 11.8. The van der Waals surface area contributed by atoms with Gasteiger partial charge in [-0.25, -0.2) is 0 Å². The van der Waals surface area contributed by atoms with Gasteiger partial charge in [-0.05, 0) is 12.8 Å². The summed E-state index contributed by atoms with van der Waals surface area (Å²) in [5.74, 6) is -0.0668. The van der Waals surface area contributed by atoms with Crippen LogP contribution in [0.3, 0.4) is 0 Å². The molecule has 0 aliphatic carbocycles. The van der Waals surface area contributed by atoms with Gasteiger partial charge in [0.2, 0.25) is 11.8 Å². The lowest BCUT2D eigenvalue weighted by molar-refractivity contribution is -0.131. The van der Waals surface area contributed by atoms with Crippen molar-refractivity contribution >= 4 is 11.8 Å². The molecule has 0 bridgehead atoms. The first-order chi connectivity index (χ1) is 7.74. The average Bonchev–Trinajstić information content (AvgIpc) is 2.57. The minimum Gasteiger partial charge on any atom is -0.354 e. The first kappa shape index (κ1) is 13.0. The van der Waals surface area contributed by atoms with Gasteiger partial charge in [0, 0.05) is 26.1 Å². The van der Waals surface area contributed by atoms with E-state index in [0.29, 0.717) is 13.0 Å². The van der Waals surface area contributed by atoms with Crippen LogP contribution < -0.4 is 11.1 Å². The predicted molar refractivity (Wildman–Crippen MR) is 61.7 cm³/mol. The third kappa shape index (κ3) is 4.61. The summed E-state index contributed by atoms with van der Waals surface area (Å²) in [5.41, 5.74) is 5.14. The van der Waals surface area contributed by atoms with Crippen LogP contribution in [0.15, 0.2) is 0 Å². The fourth-order valence-corrected chi connectivity index (χ4v) is 1.86. The van der Waals surface area contributed by atoms with Crippen LogP contribution >= 0.6 is 0 Å². The van der Waals surface area contributed by atoms with Crippen LogP contribution in [0.1, 0.15) is 32.1 Å². The first-order valence-corrected chi connectivity index (χ1v) is 5.98. The summed E-state index contributed by atoms with van der Waals surface area (Å²) in [6, 6.07) is 0.